The molecule has 7 nitrogen and oxygen atoms in total. The van der Waals surface area contributed by atoms with Crippen molar-refractivity contribution >= 4 is 5.91 Å². The summed E-state index contributed by atoms with van der Waals surface area (Å²) >= 11 is 0. The van der Waals surface area contributed by atoms with Gasteiger partial charge in [0.15, 0.2) is 0 Å². The monoisotopic (exact) mass is 420 g/mol. The van der Waals surface area contributed by atoms with Crippen LogP contribution < -0.4 is 5.32 Å². The number of ether oxygens (including phenoxy) is 1. The van der Waals surface area contributed by atoms with Crippen molar-refractivity contribution < 1.29 is 13.9 Å². The lowest BCUT2D eigenvalue weighted by atomic mass is 10.1. The molecule has 3 aromatic rings. The summed E-state index contributed by atoms with van der Waals surface area (Å²) < 4.78 is 11.6. The normalized spacial score (nSPS) is 19.3. The third kappa shape index (κ3) is 5.37. The molecule has 1 fully saturated rings. The van der Waals surface area contributed by atoms with Gasteiger partial charge in [-0.05, 0) is 57.2 Å². The molecule has 1 N–H and O–H groups in total. The quantitative estimate of drug-likeness (QED) is 0.657. The van der Waals surface area contributed by atoms with Gasteiger partial charge in [0.2, 0.25) is 11.8 Å². The molecule has 0 aliphatic carbocycles. The smallest absolute Gasteiger partial charge is 0.251 e. The average Bonchev–Trinajstić information content (AvgIpc) is 3.23. The van der Waals surface area contributed by atoms with Gasteiger partial charge in [-0.3, -0.25) is 9.69 Å². The summed E-state index contributed by atoms with van der Waals surface area (Å²) in [5, 5.41) is 11.3. The summed E-state index contributed by atoms with van der Waals surface area (Å²) in [5.74, 6) is 0.818. The van der Waals surface area contributed by atoms with Crippen LogP contribution in [0.1, 0.15) is 29.8 Å². The second-order valence-electron chi connectivity index (χ2n) is 8.13. The van der Waals surface area contributed by atoms with Gasteiger partial charge in [-0.15, -0.1) is 10.2 Å². The maximum absolute atomic E-state index is 12.5. The van der Waals surface area contributed by atoms with Crippen LogP contribution in [0.5, 0.6) is 0 Å². The van der Waals surface area contributed by atoms with Crippen LogP contribution >= 0.6 is 0 Å². The Morgan fingerprint density at radius 2 is 1.71 bits per heavy atom. The van der Waals surface area contributed by atoms with E-state index >= 15 is 0 Å². The van der Waals surface area contributed by atoms with Gasteiger partial charge < -0.3 is 14.5 Å². The predicted molar refractivity (Wildman–Crippen MR) is 119 cm³/mol. The van der Waals surface area contributed by atoms with E-state index in [1.165, 1.54) is 0 Å². The first-order valence-corrected chi connectivity index (χ1v) is 10.6. The number of benzene rings is 2. The third-order valence-corrected chi connectivity index (χ3v) is 5.29. The molecule has 0 bridgehead atoms. The Labute approximate surface area is 182 Å². The SMILES string of the molecule is Cc1cccc(-c2nnc(-c3ccc(C(=O)NCCN4CC(C)OC(C)C4)cc3)o2)c1. The first-order valence-electron chi connectivity index (χ1n) is 10.6. The predicted octanol–water partition coefficient (Wildman–Crippen LogP) is 3.55. The number of nitrogens with zero attached hydrogens (tertiary/aromatic N) is 3. The zero-order valence-corrected chi connectivity index (χ0v) is 18.2. The molecule has 4 rings (SSSR count). The second kappa shape index (κ2) is 9.41. The first-order chi connectivity index (χ1) is 15.0. The van der Waals surface area contributed by atoms with E-state index in [1.807, 2.05) is 43.3 Å². The number of hydrogen-bond donors (Lipinski definition) is 1. The van der Waals surface area contributed by atoms with Crippen molar-refractivity contribution in [3.05, 3.63) is 59.7 Å². The molecule has 1 aliphatic rings. The number of hydrogen-bond acceptors (Lipinski definition) is 6. The molecule has 2 unspecified atom stereocenters. The van der Waals surface area contributed by atoms with Crippen molar-refractivity contribution in [3.8, 4) is 22.9 Å². The first kappa shape index (κ1) is 21.2. The summed E-state index contributed by atoms with van der Waals surface area (Å²) in [5.41, 5.74) is 3.40. The number of amides is 1. The minimum absolute atomic E-state index is 0.0908. The summed E-state index contributed by atoms with van der Waals surface area (Å²) in [7, 11) is 0. The van der Waals surface area contributed by atoms with Crippen LogP contribution in [0, 0.1) is 6.92 Å². The molecule has 7 heteroatoms. The van der Waals surface area contributed by atoms with Gasteiger partial charge in [-0.1, -0.05) is 17.7 Å². The van der Waals surface area contributed by atoms with Crippen LogP contribution in [0.3, 0.4) is 0 Å². The van der Waals surface area contributed by atoms with Crippen LogP contribution in [0.4, 0.5) is 0 Å². The van der Waals surface area contributed by atoms with Gasteiger partial charge in [-0.25, -0.2) is 0 Å². The molecule has 2 heterocycles. The molecule has 0 spiro atoms. The molecule has 0 saturated carbocycles. The van der Waals surface area contributed by atoms with Gasteiger partial charge in [0.25, 0.3) is 5.91 Å². The van der Waals surface area contributed by atoms with Crippen LogP contribution in [-0.4, -0.2) is 59.4 Å². The lowest BCUT2D eigenvalue weighted by molar-refractivity contribution is -0.0672. The van der Waals surface area contributed by atoms with Crippen LogP contribution in [0.25, 0.3) is 22.9 Å². The Morgan fingerprint density at radius 3 is 2.39 bits per heavy atom. The van der Waals surface area contributed by atoms with Crippen molar-refractivity contribution in [2.45, 2.75) is 33.0 Å². The number of rotatable bonds is 6. The van der Waals surface area contributed by atoms with E-state index < -0.39 is 0 Å². The Hall–Kier alpha value is -3.03. The van der Waals surface area contributed by atoms with Crippen LogP contribution in [0.15, 0.2) is 52.9 Å². The maximum Gasteiger partial charge on any atom is 0.251 e. The van der Waals surface area contributed by atoms with E-state index in [-0.39, 0.29) is 18.1 Å². The van der Waals surface area contributed by atoms with E-state index in [0.717, 1.165) is 36.3 Å². The van der Waals surface area contributed by atoms with Crippen molar-refractivity contribution in [1.29, 1.82) is 0 Å². The molecular weight excluding hydrogens is 392 g/mol. The number of aromatic nitrogens is 2. The van der Waals surface area contributed by atoms with E-state index in [4.69, 9.17) is 9.15 Å². The Bertz CT molecular complexity index is 1020. The average molecular weight is 421 g/mol. The minimum Gasteiger partial charge on any atom is -0.416 e. The summed E-state index contributed by atoms with van der Waals surface area (Å²) in [6.45, 7) is 9.38. The fraction of sp³-hybridized carbons (Fsp3) is 0.375. The van der Waals surface area contributed by atoms with Gasteiger partial charge in [0.05, 0.1) is 12.2 Å². The fourth-order valence-electron chi connectivity index (χ4n) is 3.90. The van der Waals surface area contributed by atoms with E-state index in [0.29, 0.717) is 23.9 Å². The third-order valence-electron chi connectivity index (χ3n) is 5.29. The van der Waals surface area contributed by atoms with Crippen molar-refractivity contribution in [1.82, 2.24) is 20.4 Å². The highest BCUT2D eigenvalue weighted by Gasteiger charge is 2.21. The van der Waals surface area contributed by atoms with Gasteiger partial charge in [-0.2, -0.15) is 0 Å². The number of nitrogens with one attached hydrogen (secondary N) is 1. The number of aryl methyl sites for hydroxylation is 1. The van der Waals surface area contributed by atoms with Crippen molar-refractivity contribution in [3.63, 3.8) is 0 Å². The topological polar surface area (TPSA) is 80.5 Å². The standard InChI is InChI=1S/C24H28N4O3/c1-16-5-4-6-21(13-16)24-27-26-23(31-24)20-9-7-19(8-10-20)22(29)25-11-12-28-14-17(2)30-18(3)15-28/h4-10,13,17-18H,11-12,14-15H2,1-3H3,(H,25,29). The Kier molecular flexibility index (Phi) is 6.44. The lowest BCUT2D eigenvalue weighted by Gasteiger charge is -2.35. The molecule has 1 amide bonds. The van der Waals surface area contributed by atoms with Gasteiger partial charge in [0.1, 0.15) is 0 Å². The summed E-state index contributed by atoms with van der Waals surface area (Å²) in [6, 6.07) is 15.1. The van der Waals surface area contributed by atoms with E-state index in [9.17, 15) is 4.79 Å². The molecule has 2 atom stereocenters. The van der Waals surface area contributed by atoms with Crippen LogP contribution in [-0.2, 0) is 4.74 Å². The van der Waals surface area contributed by atoms with Crippen LogP contribution in [0.2, 0.25) is 0 Å². The van der Waals surface area contributed by atoms with E-state index in [1.54, 1.807) is 12.1 Å². The van der Waals surface area contributed by atoms with Gasteiger partial charge >= 0.3 is 0 Å². The Balaban J connectivity index is 1.33. The van der Waals surface area contributed by atoms with Crippen molar-refractivity contribution in [2.24, 2.45) is 0 Å². The molecule has 162 valence electrons. The van der Waals surface area contributed by atoms with Gasteiger partial charge in [0, 0.05) is 42.9 Å². The summed E-state index contributed by atoms with van der Waals surface area (Å²) in [6.07, 6.45) is 0.450. The lowest BCUT2D eigenvalue weighted by Crippen LogP contribution is -2.47. The number of morpholine rings is 1. The minimum atomic E-state index is -0.0908. The molecule has 1 aliphatic heterocycles. The molecule has 1 saturated heterocycles. The Morgan fingerprint density at radius 1 is 1.03 bits per heavy atom. The largest absolute Gasteiger partial charge is 0.416 e. The maximum atomic E-state index is 12.5. The zero-order chi connectivity index (χ0) is 21.8. The highest BCUT2D eigenvalue weighted by Crippen LogP contribution is 2.24. The molecule has 1 aromatic heterocycles. The number of carbonyl (C=O) groups excluding carboxylic acids is 1. The molecule has 0 radical (unpaired) electrons. The highest BCUT2D eigenvalue weighted by molar-refractivity contribution is 5.94. The molecule has 2 aromatic carbocycles. The highest BCUT2D eigenvalue weighted by atomic mass is 16.5. The fourth-order valence-corrected chi connectivity index (χ4v) is 3.90. The number of carbonyl (C=O) groups is 1. The van der Waals surface area contributed by atoms with Crippen molar-refractivity contribution in [2.75, 3.05) is 26.2 Å². The summed E-state index contributed by atoms with van der Waals surface area (Å²) in [4.78, 5) is 14.8. The molecular formula is C24H28N4O3. The zero-order valence-electron chi connectivity index (χ0n) is 18.2. The molecule has 31 heavy (non-hydrogen) atoms. The van der Waals surface area contributed by atoms with E-state index in [2.05, 4.69) is 34.3 Å². The second-order valence-corrected chi connectivity index (χ2v) is 8.13.